The summed E-state index contributed by atoms with van der Waals surface area (Å²) in [4.78, 5) is 30.0. The van der Waals surface area contributed by atoms with E-state index in [2.05, 4.69) is 5.10 Å². The highest BCUT2D eigenvalue weighted by Gasteiger charge is 2.34. The van der Waals surface area contributed by atoms with Crippen molar-refractivity contribution in [2.24, 2.45) is 5.92 Å². The SMILES string of the molecule is CCn1nc(C)cc1C(=O)N1CCC([C@@H](Cc2ccccc2F)N(C)C(=O)c2ccsc2)CC1. The summed E-state index contributed by atoms with van der Waals surface area (Å²) >= 11 is 1.49. The molecule has 0 unspecified atom stereocenters. The first kappa shape index (κ1) is 24.1. The van der Waals surface area contributed by atoms with Gasteiger partial charge in [0.25, 0.3) is 11.8 Å². The lowest BCUT2D eigenvalue weighted by atomic mass is 9.84. The van der Waals surface area contributed by atoms with E-state index in [-0.39, 0.29) is 29.6 Å². The van der Waals surface area contributed by atoms with Gasteiger partial charge < -0.3 is 9.80 Å². The van der Waals surface area contributed by atoms with Gasteiger partial charge in [0.15, 0.2) is 0 Å². The van der Waals surface area contributed by atoms with E-state index in [1.54, 1.807) is 21.7 Å². The van der Waals surface area contributed by atoms with Crippen LogP contribution in [0.1, 0.15) is 51.9 Å². The van der Waals surface area contributed by atoms with Gasteiger partial charge in [-0.25, -0.2) is 4.39 Å². The highest BCUT2D eigenvalue weighted by Crippen LogP contribution is 2.29. The number of hydrogen-bond acceptors (Lipinski definition) is 4. The molecule has 0 spiro atoms. The molecular formula is C26H31FN4O2S. The summed E-state index contributed by atoms with van der Waals surface area (Å²) < 4.78 is 16.3. The van der Waals surface area contributed by atoms with E-state index in [0.29, 0.717) is 42.9 Å². The molecule has 1 fully saturated rings. The first-order valence-corrected chi connectivity index (χ1v) is 12.7. The van der Waals surface area contributed by atoms with E-state index in [1.165, 1.54) is 17.4 Å². The lowest BCUT2D eigenvalue weighted by Crippen LogP contribution is -2.48. The highest BCUT2D eigenvalue weighted by molar-refractivity contribution is 7.08. The zero-order valence-corrected chi connectivity index (χ0v) is 20.7. The van der Waals surface area contributed by atoms with E-state index in [1.807, 2.05) is 54.8 Å². The first-order chi connectivity index (χ1) is 16.4. The van der Waals surface area contributed by atoms with Gasteiger partial charge in [0.2, 0.25) is 0 Å². The number of hydrogen-bond donors (Lipinski definition) is 0. The van der Waals surface area contributed by atoms with Crippen LogP contribution in [0.3, 0.4) is 0 Å². The number of benzene rings is 1. The Bertz CT molecular complexity index is 1140. The van der Waals surface area contributed by atoms with E-state index in [9.17, 15) is 14.0 Å². The monoisotopic (exact) mass is 482 g/mol. The van der Waals surface area contributed by atoms with E-state index < -0.39 is 0 Å². The number of likely N-dealkylation sites (tertiary alicyclic amines) is 1. The van der Waals surface area contributed by atoms with Gasteiger partial charge >= 0.3 is 0 Å². The average Bonchev–Trinajstić information content (AvgIpc) is 3.52. The lowest BCUT2D eigenvalue weighted by Gasteiger charge is -2.40. The number of thiophene rings is 1. The zero-order chi connectivity index (χ0) is 24.2. The van der Waals surface area contributed by atoms with E-state index >= 15 is 0 Å². The van der Waals surface area contributed by atoms with Crippen molar-refractivity contribution in [3.8, 4) is 0 Å². The molecule has 34 heavy (non-hydrogen) atoms. The van der Waals surface area contributed by atoms with Gasteiger partial charge in [-0.2, -0.15) is 16.4 Å². The Kier molecular flexibility index (Phi) is 7.46. The van der Waals surface area contributed by atoms with Gasteiger partial charge in [-0.3, -0.25) is 14.3 Å². The van der Waals surface area contributed by atoms with Crippen LogP contribution in [0.4, 0.5) is 4.39 Å². The van der Waals surface area contributed by atoms with Crippen LogP contribution in [0.5, 0.6) is 0 Å². The molecule has 0 radical (unpaired) electrons. The van der Waals surface area contributed by atoms with Crippen molar-refractivity contribution in [3.05, 3.63) is 75.5 Å². The number of rotatable bonds is 7. The smallest absolute Gasteiger partial charge is 0.272 e. The maximum absolute atomic E-state index is 14.5. The van der Waals surface area contributed by atoms with E-state index in [4.69, 9.17) is 0 Å². The van der Waals surface area contributed by atoms with Crippen LogP contribution in [-0.2, 0) is 13.0 Å². The first-order valence-electron chi connectivity index (χ1n) is 11.8. The summed E-state index contributed by atoms with van der Waals surface area (Å²) in [6.07, 6.45) is 1.95. The van der Waals surface area contributed by atoms with Gasteiger partial charge in [-0.05, 0) is 68.2 Å². The molecule has 2 amide bonds. The summed E-state index contributed by atoms with van der Waals surface area (Å²) in [5.74, 6) is -0.147. The Morgan fingerprint density at radius 3 is 2.62 bits per heavy atom. The molecular weight excluding hydrogens is 451 g/mol. The number of halogens is 1. The second-order valence-corrected chi connectivity index (χ2v) is 9.69. The van der Waals surface area contributed by atoms with Crippen molar-refractivity contribution in [2.75, 3.05) is 20.1 Å². The summed E-state index contributed by atoms with van der Waals surface area (Å²) in [5, 5.41) is 8.14. The molecule has 6 nitrogen and oxygen atoms in total. The molecule has 1 aromatic carbocycles. The average molecular weight is 483 g/mol. The van der Waals surface area contributed by atoms with Crippen molar-refractivity contribution < 1.29 is 14.0 Å². The predicted molar refractivity (Wildman–Crippen MR) is 132 cm³/mol. The Balaban J connectivity index is 1.51. The number of piperidine rings is 1. The Labute approximate surface area is 204 Å². The minimum atomic E-state index is -0.250. The number of aryl methyl sites for hydroxylation is 2. The van der Waals surface area contributed by atoms with Crippen LogP contribution in [0, 0.1) is 18.7 Å². The molecule has 3 aromatic rings. The molecule has 3 heterocycles. The fourth-order valence-electron chi connectivity index (χ4n) is 4.86. The summed E-state index contributed by atoms with van der Waals surface area (Å²) in [6, 6.07) is 10.3. The number of carbonyl (C=O) groups excluding carboxylic acids is 2. The number of aromatic nitrogens is 2. The van der Waals surface area contributed by atoms with Crippen LogP contribution < -0.4 is 0 Å². The third kappa shape index (κ3) is 5.06. The topological polar surface area (TPSA) is 58.4 Å². The Hall–Kier alpha value is -3.00. The molecule has 0 saturated carbocycles. The van der Waals surface area contributed by atoms with Crippen LogP contribution in [0.15, 0.2) is 47.2 Å². The van der Waals surface area contributed by atoms with Crippen molar-refractivity contribution >= 4 is 23.2 Å². The standard InChI is InChI=1S/C26H31FN4O2S/c1-4-31-24(15-18(2)28-31)26(33)30-12-9-19(10-13-30)23(16-20-7-5-6-8-22(20)27)29(3)25(32)21-11-14-34-17-21/h5-8,11,14-15,17,19,23H,4,9-10,12-13,16H2,1-3H3/t23-/m1/s1. The number of carbonyl (C=O) groups is 2. The third-order valence-electron chi connectivity index (χ3n) is 6.76. The van der Waals surface area contributed by atoms with Gasteiger partial charge in [0.05, 0.1) is 11.3 Å². The maximum Gasteiger partial charge on any atom is 0.272 e. The largest absolute Gasteiger partial charge is 0.338 e. The molecule has 0 N–H and O–H groups in total. The van der Waals surface area contributed by atoms with Crippen LogP contribution in [0.2, 0.25) is 0 Å². The molecule has 1 atom stereocenters. The Morgan fingerprint density at radius 2 is 1.97 bits per heavy atom. The molecule has 2 aromatic heterocycles. The fraction of sp³-hybridized carbons (Fsp3) is 0.423. The normalized spacial score (nSPS) is 15.4. The quantitative estimate of drug-likeness (QED) is 0.493. The van der Waals surface area contributed by atoms with Crippen molar-refractivity contribution in [1.29, 1.82) is 0 Å². The van der Waals surface area contributed by atoms with Crippen LogP contribution >= 0.6 is 11.3 Å². The molecule has 0 aliphatic carbocycles. The molecule has 1 saturated heterocycles. The van der Waals surface area contributed by atoms with Crippen molar-refractivity contribution in [3.63, 3.8) is 0 Å². The van der Waals surface area contributed by atoms with Gasteiger partial charge in [0.1, 0.15) is 11.5 Å². The number of likely N-dealkylation sites (N-methyl/N-ethyl adjacent to an activating group) is 1. The van der Waals surface area contributed by atoms with Crippen LogP contribution in [0.25, 0.3) is 0 Å². The minimum absolute atomic E-state index is 0.00532. The number of nitrogens with zero attached hydrogens (tertiary/aromatic N) is 4. The lowest BCUT2D eigenvalue weighted by molar-refractivity contribution is 0.0516. The third-order valence-corrected chi connectivity index (χ3v) is 7.45. The second kappa shape index (κ2) is 10.5. The maximum atomic E-state index is 14.5. The number of amides is 2. The Morgan fingerprint density at radius 1 is 1.24 bits per heavy atom. The zero-order valence-electron chi connectivity index (χ0n) is 19.9. The van der Waals surface area contributed by atoms with Gasteiger partial charge in [-0.15, -0.1) is 0 Å². The molecule has 180 valence electrons. The van der Waals surface area contributed by atoms with Gasteiger partial charge in [0, 0.05) is 38.1 Å². The minimum Gasteiger partial charge on any atom is -0.338 e. The van der Waals surface area contributed by atoms with Crippen molar-refractivity contribution in [2.45, 2.75) is 45.7 Å². The highest BCUT2D eigenvalue weighted by atomic mass is 32.1. The second-order valence-electron chi connectivity index (χ2n) is 8.91. The molecule has 4 rings (SSSR count). The molecule has 1 aliphatic rings. The molecule has 0 bridgehead atoms. The van der Waals surface area contributed by atoms with E-state index in [0.717, 1.165) is 18.5 Å². The van der Waals surface area contributed by atoms with Gasteiger partial charge in [-0.1, -0.05) is 18.2 Å². The fourth-order valence-corrected chi connectivity index (χ4v) is 5.49. The van der Waals surface area contributed by atoms with Crippen LogP contribution in [-0.4, -0.2) is 57.6 Å². The predicted octanol–water partition coefficient (Wildman–Crippen LogP) is 4.65. The summed E-state index contributed by atoms with van der Waals surface area (Å²) in [6.45, 7) is 5.72. The molecule has 1 aliphatic heterocycles. The molecule has 8 heteroatoms. The summed E-state index contributed by atoms with van der Waals surface area (Å²) in [5.41, 5.74) is 2.71. The summed E-state index contributed by atoms with van der Waals surface area (Å²) in [7, 11) is 1.81. The van der Waals surface area contributed by atoms with Crippen molar-refractivity contribution in [1.82, 2.24) is 19.6 Å².